The molecule has 0 saturated carbocycles. The van der Waals surface area contributed by atoms with Crippen molar-refractivity contribution in [2.45, 2.75) is 39.7 Å². The monoisotopic (exact) mass is 407 g/mol. The molecule has 2 saturated heterocycles. The van der Waals surface area contributed by atoms with Crippen LogP contribution in [0, 0.1) is 18.3 Å². The zero-order chi connectivity index (χ0) is 21.7. The highest BCUT2D eigenvalue weighted by molar-refractivity contribution is 6.01. The maximum atomic E-state index is 13.9. The topological polar surface area (TPSA) is 73.7 Å². The zero-order valence-corrected chi connectivity index (χ0v) is 18.1. The van der Waals surface area contributed by atoms with E-state index in [1.807, 2.05) is 48.2 Å². The van der Waals surface area contributed by atoms with E-state index in [0.717, 1.165) is 23.2 Å². The van der Waals surface area contributed by atoms with E-state index in [1.54, 1.807) is 6.20 Å². The van der Waals surface area contributed by atoms with E-state index >= 15 is 0 Å². The number of hydrogen-bond donors (Lipinski definition) is 1. The van der Waals surface area contributed by atoms with Crippen molar-refractivity contribution in [1.29, 1.82) is 0 Å². The highest BCUT2D eigenvalue weighted by Crippen LogP contribution is 2.53. The first kappa shape index (κ1) is 20.4. The molecule has 158 valence electrons. The Labute approximate surface area is 177 Å². The minimum Gasteiger partial charge on any atom is -0.465 e. The van der Waals surface area contributed by atoms with Crippen LogP contribution in [-0.2, 0) is 0 Å². The second-order valence-electron chi connectivity index (χ2n) is 9.54. The van der Waals surface area contributed by atoms with Crippen LogP contribution in [0.4, 0.5) is 4.79 Å². The Hall–Kier alpha value is -2.89. The summed E-state index contributed by atoms with van der Waals surface area (Å²) in [6.07, 6.45) is 1.60. The summed E-state index contributed by atoms with van der Waals surface area (Å²) < 4.78 is 0. The highest BCUT2D eigenvalue weighted by atomic mass is 16.4. The van der Waals surface area contributed by atoms with Crippen molar-refractivity contribution in [3.63, 3.8) is 0 Å². The standard InChI is InChI=1S/C24H29N3O3/c1-16-8-9-18(20-7-5-6-11-25-20)19(13-16)21(28)27-14-17-10-12-26(22(29)30)15-24(17,27)23(2,3)4/h5-9,11,13,17H,10,12,14-15H2,1-4H3,(H,29,30)/t17-,24?/m0/s1. The number of benzene rings is 1. The molecule has 2 fully saturated rings. The number of fused-ring (bicyclic) bond motifs is 1. The fourth-order valence-electron chi connectivity index (χ4n) is 5.28. The molecule has 2 aliphatic rings. The van der Waals surface area contributed by atoms with Crippen LogP contribution in [0.3, 0.4) is 0 Å². The molecule has 0 radical (unpaired) electrons. The van der Waals surface area contributed by atoms with E-state index in [2.05, 4.69) is 25.8 Å². The third-order valence-electron chi connectivity index (χ3n) is 6.90. The smallest absolute Gasteiger partial charge is 0.407 e. The first-order valence-corrected chi connectivity index (χ1v) is 10.5. The van der Waals surface area contributed by atoms with E-state index in [1.165, 1.54) is 4.90 Å². The van der Waals surface area contributed by atoms with Crippen molar-refractivity contribution in [1.82, 2.24) is 14.8 Å². The van der Waals surface area contributed by atoms with Crippen LogP contribution in [0.2, 0.25) is 0 Å². The van der Waals surface area contributed by atoms with Gasteiger partial charge in [-0.05, 0) is 37.0 Å². The van der Waals surface area contributed by atoms with Gasteiger partial charge < -0.3 is 14.9 Å². The molecule has 0 bridgehead atoms. The van der Waals surface area contributed by atoms with Gasteiger partial charge in [0, 0.05) is 42.9 Å². The first-order valence-electron chi connectivity index (χ1n) is 10.5. The van der Waals surface area contributed by atoms with E-state index in [-0.39, 0.29) is 11.3 Å². The summed E-state index contributed by atoms with van der Waals surface area (Å²) in [4.78, 5) is 33.5. The average molecular weight is 408 g/mol. The molecule has 2 aliphatic heterocycles. The summed E-state index contributed by atoms with van der Waals surface area (Å²) in [5, 5.41) is 9.63. The maximum absolute atomic E-state index is 13.9. The predicted molar refractivity (Wildman–Crippen MR) is 115 cm³/mol. The fourth-order valence-corrected chi connectivity index (χ4v) is 5.28. The van der Waals surface area contributed by atoms with Gasteiger partial charge in [-0.3, -0.25) is 9.78 Å². The van der Waals surface area contributed by atoms with Crippen molar-refractivity contribution in [2.75, 3.05) is 19.6 Å². The molecule has 4 rings (SSSR count). The molecule has 0 spiro atoms. The van der Waals surface area contributed by atoms with Gasteiger partial charge >= 0.3 is 6.09 Å². The molecular weight excluding hydrogens is 378 g/mol. The van der Waals surface area contributed by atoms with Gasteiger partial charge in [-0.1, -0.05) is 44.5 Å². The number of aryl methyl sites for hydroxylation is 1. The first-order chi connectivity index (χ1) is 14.1. The van der Waals surface area contributed by atoms with E-state index in [9.17, 15) is 14.7 Å². The van der Waals surface area contributed by atoms with Crippen molar-refractivity contribution in [3.8, 4) is 11.3 Å². The summed E-state index contributed by atoms with van der Waals surface area (Å²) >= 11 is 0. The number of aromatic nitrogens is 1. The van der Waals surface area contributed by atoms with Crippen LogP contribution in [-0.4, -0.2) is 57.1 Å². The maximum Gasteiger partial charge on any atom is 0.407 e. The third-order valence-corrected chi connectivity index (χ3v) is 6.90. The largest absolute Gasteiger partial charge is 0.465 e. The number of carbonyl (C=O) groups is 2. The SMILES string of the molecule is Cc1ccc(-c2ccccn2)c(C(=O)N2C[C@@H]3CCN(C(=O)O)CC32C(C)(C)C)c1. The van der Waals surface area contributed by atoms with E-state index in [0.29, 0.717) is 31.1 Å². The van der Waals surface area contributed by atoms with E-state index < -0.39 is 11.6 Å². The molecular formula is C24H29N3O3. The number of rotatable bonds is 2. The van der Waals surface area contributed by atoms with Gasteiger partial charge in [0.2, 0.25) is 0 Å². The number of amides is 2. The van der Waals surface area contributed by atoms with Gasteiger partial charge in [0.25, 0.3) is 5.91 Å². The number of pyridine rings is 1. The van der Waals surface area contributed by atoms with Gasteiger partial charge in [0.1, 0.15) is 0 Å². The van der Waals surface area contributed by atoms with Gasteiger partial charge in [0.05, 0.1) is 11.2 Å². The molecule has 1 unspecified atom stereocenters. The second kappa shape index (κ2) is 7.11. The summed E-state index contributed by atoms with van der Waals surface area (Å²) in [7, 11) is 0. The van der Waals surface area contributed by atoms with Crippen molar-refractivity contribution >= 4 is 12.0 Å². The Bertz CT molecular complexity index is 983. The van der Waals surface area contributed by atoms with Crippen molar-refractivity contribution < 1.29 is 14.7 Å². The molecule has 2 amide bonds. The third kappa shape index (κ3) is 3.06. The lowest BCUT2D eigenvalue weighted by molar-refractivity contribution is -0.154. The molecule has 3 heterocycles. The lowest BCUT2D eigenvalue weighted by atomic mass is 9.56. The molecule has 2 atom stereocenters. The summed E-state index contributed by atoms with van der Waals surface area (Å²) in [6.45, 7) is 9.86. The number of carbonyl (C=O) groups excluding carboxylic acids is 1. The Morgan fingerprint density at radius 2 is 1.97 bits per heavy atom. The van der Waals surface area contributed by atoms with Crippen LogP contribution in [0.25, 0.3) is 11.3 Å². The minimum atomic E-state index is -0.916. The lowest BCUT2D eigenvalue weighted by Crippen LogP contribution is -2.80. The van der Waals surface area contributed by atoms with Crippen LogP contribution in [0.15, 0.2) is 42.6 Å². The summed E-state index contributed by atoms with van der Waals surface area (Å²) in [5.41, 5.74) is 2.45. The fraction of sp³-hybridized carbons (Fsp3) is 0.458. The Morgan fingerprint density at radius 3 is 2.60 bits per heavy atom. The highest BCUT2D eigenvalue weighted by Gasteiger charge is 2.64. The number of nitrogens with zero attached hydrogens (tertiary/aromatic N) is 3. The minimum absolute atomic E-state index is 0.0437. The van der Waals surface area contributed by atoms with Crippen LogP contribution >= 0.6 is 0 Å². The molecule has 2 aromatic rings. The van der Waals surface area contributed by atoms with Crippen molar-refractivity contribution in [2.24, 2.45) is 11.3 Å². The molecule has 6 nitrogen and oxygen atoms in total. The van der Waals surface area contributed by atoms with E-state index in [4.69, 9.17) is 0 Å². The normalized spacial score (nSPS) is 23.5. The number of piperidine rings is 1. The molecule has 1 aromatic carbocycles. The Kier molecular flexibility index (Phi) is 4.83. The molecule has 0 aliphatic carbocycles. The zero-order valence-electron chi connectivity index (χ0n) is 18.1. The van der Waals surface area contributed by atoms with Crippen LogP contribution in [0.1, 0.15) is 43.1 Å². The molecule has 30 heavy (non-hydrogen) atoms. The second-order valence-corrected chi connectivity index (χ2v) is 9.54. The summed E-state index contributed by atoms with van der Waals surface area (Å²) in [5.74, 6) is 0.262. The van der Waals surface area contributed by atoms with Crippen LogP contribution in [0.5, 0.6) is 0 Å². The van der Waals surface area contributed by atoms with Gasteiger partial charge in [-0.2, -0.15) is 0 Å². The predicted octanol–water partition coefficient (Wildman–Crippen LogP) is 4.30. The van der Waals surface area contributed by atoms with Gasteiger partial charge in [-0.25, -0.2) is 4.79 Å². The van der Waals surface area contributed by atoms with Gasteiger partial charge in [-0.15, -0.1) is 0 Å². The molecule has 6 heteroatoms. The molecule has 1 aromatic heterocycles. The number of likely N-dealkylation sites (tertiary alicyclic amines) is 2. The lowest BCUT2D eigenvalue weighted by Gasteiger charge is -2.67. The molecule has 1 N–H and O–H groups in total. The number of carboxylic acid groups (broad SMARTS) is 1. The average Bonchev–Trinajstić information content (AvgIpc) is 2.68. The number of hydrogen-bond acceptors (Lipinski definition) is 3. The quantitative estimate of drug-likeness (QED) is 0.806. The van der Waals surface area contributed by atoms with Crippen LogP contribution < -0.4 is 0 Å². The Morgan fingerprint density at radius 1 is 1.20 bits per heavy atom. The summed E-state index contributed by atoms with van der Waals surface area (Å²) in [6, 6.07) is 11.6. The van der Waals surface area contributed by atoms with Crippen molar-refractivity contribution in [3.05, 3.63) is 53.7 Å². The van der Waals surface area contributed by atoms with Gasteiger partial charge in [0.15, 0.2) is 0 Å². The Balaban J connectivity index is 1.77.